The van der Waals surface area contributed by atoms with Crippen LogP contribution in [0.5, 0.6) is 34.5 Å². The minimum atomic E-state index is -0.819. The number of ether oxygens (including phenoxy) is 12. The normalized spacial score (nSPS) is 15.0. The number of methoxy groups -OCH3 is 5. The Morgan fingerprint density at radius 2 is 1.31 bits per heavy atom. The second-order valence-corrected chi connectivity index (χ2v) is 24.0. The Morgan fingerprint density at radius 3 is 1.93 bits per heavy atom. The summed E-state index contributed by atoms with van der Waals surface area (Å²) in [6.45, 7) is 12.2. The van der Waals surface area contributed by atoms with Crippen LogP contribution >= 0.6 is 22.9 Å². The molecule has 2 aliphatic rings. The van der Waals surface area contributed by atoms with E-state index in [1.165, 1.54) is 26.2 Å². The maximum Gasteiger partial charge on any atom is 0.329 e. The number of thiophene rings is 1. The first-order valence-electron chi connectivity index (χ1n) is 31.7. The Hall–Kier alpha value is -7.84. The number of amides is 3. The number of aryl methyl sites for hydroxylation is 3. The fraction of sp³-hybridized carbons (Fsp3) is 0.493. The van der Waals surface area contributed by atoms with E-state index in [4.69, 9.17) is 73.4 Å². The smallest absolute Gasteiger partial charge is 0.329 e. The molecule has 25 heteroatoms. The van der Waals surface area contributed by atoms with Crippen LogP contribution in [-0.2, 0) is 54.0 Å². The lowest BCUT2D eigenvalue weighted by Crippen LogP contribution is -2.50. The number of fused-ring (bicyclic) bond motifs is 3. The molecule has 1 fully saturated rings. The van der Waals surface area contributed by atoms with E-state index in [0.29, 0.717) is 155 Å². The van der Waals surface area contributed by atoms with Gasteiger partial charge >= 0.3 is 5.97 Å². The van der Waals surface area contributed by atoms with Crippen LogP contribution in [0.2, 0.25) is 5.02 Å². The maximum absolute atomic E-state index is 14.6. The van der Waals surface area contributed by atoms with E-state index in [2.05, 4.69) is 34.7 Å². The molecule has 3 amide bonds. The lowest BCUT2D eigenvalue weighted by Gasteiger charge is -2.37. The number of carbonyl (C=O) groups excluding carboxylic acids is 4. The third kappa shape index (κ3) is 19.4. The molecule has 4 aromatic carbocycles. The van der Waals surface area contributed by atoms with Crippen molar-refractivity contribution in [3.63, 3.8) is 0 Å². The molecule has 0 saturated carbocycles. The molecule has 2 aliphatic heterocycles. The van der Waals surface area contributed by atoms with Gasteiger partial charge in [0.15, 0.2) is 35.4 Å². The summed E-state index contributed by atoms with van der Waals surface area (Å²) in [6, 6.07) is 22.6. The molecule has 94 heavy (non-hydrogen) atoms. The van der Waals surface area contributed by atoms with E-state index < -0.39 is 30.1 Å². The highest BCUT2D eigenvalue weighted by atomic mass is 35.5. The standard InChI is InChI=1S/C69H88ClN7O16S/c1-10-53(50-40-59(84-7)65(86-9)60(41-50)85-8)67(80)76-27-12-11-16-55(76)69(81)93-56(23-17-47-18-24-57(82-5)58(38-47)83-6)49-14-13-15-52(39-49)92-43-62(79)72-26-29-88-31-33-90-35-37-91-36-34-89-32-30-87-28-25-71-61(78)42-54-66-75-74-46(4)77(66)68-63(44(2)45(3)94-68)64(73-54)48-19-21-51(70)22-20-48/h13-15,18-22,24,38-41,53-56H,10-12,16-17,23,25-37,42-43H2,1-9H3,(H,71,78)(H,72,79)/t53-,54-,55-,56+/m0/s1. The van der Waals surface area contributed by atoms with Crippen LogP contribution < -0.4 is 39.1 Å². The Labute approximate surface area is 558 Å². The molecule has 23 nitrogen and oxygen atoms in total. The van der Waals surface area contributed by atoms with Crippen molar-refractivity contribution >= 4 is 52.3 Å². The fourth-order valence-electron chi connectivity index (χ4n) is 11.2. The first-order valence-corrected chi connectivity index (χ1v) is 32.9. The van der Waals surface area contributed by atoms with E-state index in [1.807, 2.05) is 66.9 Å². The highest BCUT2D eigenvalue weighted by Gasteiger charge is 2.39. The zero-order valence-corrected chi connectivity index (χ0v) is 56.8. The van der Waals surface area contributed by atoms with Crippen LogP contribution in [0.15, 0.2) is 83.9 Å². The SMILES string of the molecule is CC[C@H](C(=O)N1CCCC[C@H]1C(=O)O[C@H](CCc1ccc(OC)c(OC)c1)c1cccc(OCC(=O)NCCOCCOCCOCCOCCOCCNC(=O)C[C@@H]2N=C(c3ccc(Cl)cc3)c3c(sc(C)c3C)-n3c(C)nnc32)c1)c1cc(OC)c(OC)c(OC)c1. The molecule has 0 unspecified atom stereocenters. The summed E-state index contributed by atoms with van der Waals surface area (Å²) in [5, 5.41) is 16.2. The maximum atomic E-state index is 14.6. The number of benzene rings is 4. The summed E-state index contributed by atoms with van der Waals surface area (Å²) < 4.78 is 70.4. The number of hydrogen-bond donors (Lipinski definition) is 2. The number of hydrogen-bond acceptors (Lipinski definition) is 20. The molecule has 8 rings (SSSR count). The number of piperidine rings is 1. The number of esters is 1. The van der Waals surface area contributed by atoms with Crippen molar-refractivity contribution in [2.24, 2.45) is 4.99 Å². The van der Waals surface area contributed by atoms with Crippen molar-refractivity contribution in [2.75, 3.05) is 128 Å². The summed E-state index contributed by atoms with van der Waals surface area (Å²) in [7, 11) is 7.73. The van der Waals surface area contributed by atoms with Crippen LogP contribution in [0.3, 0.4) is 0 Å². The van der Waals surface area contributed by atoms with Gasteiger partial charge in [0, 0.05) is 40.7 Å². The topological polar surface area (TPSA) is 249 Å². The van der Waals surface area contributed by atoms with Gasteiger partial charge < -0.3 is 72.4 Å². The van der Waals surface area contributed by atoms with Crippen LogP contribution in [0.4, 0.5) is 0 Å². The molecule has 4 atom stereocenters. The van der Waals surface area contributed by atoms with Gasteiger partial charge in [-0.3, -0.25) is 23.9 Å². The average Bonchev–Trinajstić information content (AvgIpc) is 1.58. The highest BCUT2D eigenvalue weighted by Crippen LogP contribution is 2.43. The Kier molecular flexibility index (Phi) is 28.1. The summed E-state index contributed by atoms with van der Waals surface area (Å²) in [6.07, 6.45) is 2.61. The van der Waals surface area contributed by atoms with Crippen molar-refractivity contribution in [2.45, 2.75) is 96.7 Å². The van der Waals surface area contributed by atoms with Crippen molar-refractivity contribution < 1.29 is 76.0 Å². The molecule has 6 aromatic rings. The van der Waals surface area contributed by atoms with Gasteiger partial charge in [0.05, 0.1) is 120 Å². The Balaban J connectivity index is 0.694. The second-order valence-electron chi connectivity index (χ2n) is 22.3. The Morgan fingerprint density at radius 1 is 0.681 bits per heavy atom. The molecule has 0 spiro atoms. The molecule has 508 valence electrons. The number of carbonyl (C=O) groups is 4. The molecular formula is C69H88ClN7O16S. The second kappa shape index (κ2) is 36.7. The number of rotatable bonds is 38. The van der Waals surface area contributed by atoms with Gasteiger partial charge in [-0.2, -0.15) is 0 Å². The van der Waals surface area contributed by atoms with E-state index >= 15 is 0 Å². The van der Waals surface area contributed by atoms with Crippen LogP contribution in [0.1, 0.15) is 113 Å². The lowest BCUT2D eigenvalue weighted by atomic mass is 9.91. The molecule has 2 aromatic heterocycles. The molecule has 1 saturated heterocycles. The number of halogens is 1. The van der Waals surface area contributed by atoms with Crippen molar-refractivity contribution in [1.29, 1.82) is 0 Å². The number of nitrogens with zero attached hydrogens (tertiary/aromatic N) is 5. The molecule has 0 radical (unpaired) electrons. The van der Waals surface area contributed by atoms with Crippen LogP contribution in [0, 0.1) is 20.8 Å². The molecule has 4 heterocycles. The minimum Gasteiger partial charge on any atom is -0.493 e. The van der Waals surface area contributed by atoms with Gasteiger partial charge in [0.2, 0.25) is 17.6 Å². The number of nitrogens with one attached hydrogen (secondary N) is 2. The summed E-state index contributed by atoms with van der Waals surface area (Å²) in [4.78, 5) is 63.2. The highest BCUT2D eigenvalue weighted by molar-refractivity contribution is 7.15. The number of aliphatic imine (C=N–C) groups is 1. The lowest BCUT2D eigenvalue weighted by molar-refractivity contribution is -0.162. The Bertz CT molecular complexity index is 3460. The molecule has 2 N–H and O–H groups in total. The van der Waals surface area contributed by atoms with Gasteiger partial charge in [0.25, 0.3) is 5.91 Å². The predicted molar refractivity (Wildman–Crippen MR) is 355 cm³/mol. The minimum absolute atomic E-state index is 0.0834. The van der Waals surface area contributed by atoms with Gasteiger partial charge in [-0.1, -0.05) is 48.9 Å². The monoisotopic (exact) mass is 1340 g/mol. The average molecular weight is 1340 g/mol. The summed E-state index contributed by atoms with van der Waals surface area (Å²) >= 11 is 7.91. The van der Waals surface area contributed by atoms with Gasteiger partial charge in [0.1, 0.15) is 34.8 Å². The first kappa shape index (κ1) is 72.0. The van der Waals surface area contributed by atoms with Crippen LogP contribution in [0.25, 0.3) is 5.00 Å². The number of likely N-dealkylation sites (tertiary alicyclic amines) is 1. The van der Waals surface area contributed by atoms with Crippen molar-refractivity contribution in [3.05, 3.63) is 134 Å². The predicted octanol–water partition coefficient (Wildman–Crippen LogP) is 9.42. The van der Waals surface area contributed by atoms with Gasteiger partial charge in [-0.25, -0.2) is 4.79 Å². The quantitative estimate of drug-likeness (QED) is 0.0270. The van der Waals surface area contributed by atoms with Gasteiger partial charge in [-0.15, -0.1) is 21.5 Å². The van der Waals surface area contributed by atoms with E-state index in [-0.39, 0.29) is 43.9 Å². The zero-order chi connectivity index (χ0) is 66.9. The largest absolute Gasteiger partial charge is 0.493 e. The summed E-state index contributed by atoms with van der Waals surface area (Å²) in [5.74, 6) is 2.38. The van der Waals surface area contributed by atoms with E-state index in [9.17, 15) is 19.2 Å². The molecule has 0 aliphatic carbocycles. The van der Waals surface area contributed by atoms with Crippen molar-refractivity contribution in [1.82, 2.24) is 30.3 Å². The summed E-state index contributed by atoms with van der Waals surface area (Å²) in [5.41, 5.74) is 6.10. The zero-order valence-electron chi connectivity index (χ0n) is 55.2. The molecular weight excluding hydrogens is 1250 g/mol. The van der Waals surface area contributed by atoms with Crippen LogP contribution in [-0.4, -0.2) is 183 Å². The first-order chi connectivity index (χ1) is 45.7. The third-order valence-electron chi connectivity index (χ3n) is 16.2. The van der Waals surface area contributed by atoms with Crippen molar-refractivity contribution in [3.8, 4) is 39.5 Å². The number of aromatic nitrogens is 3. The van der Waals surface area contributed by atoms with E-state index in [1.54, 1.807) is 60.8 Å². The fourth-order valence-corrected chi connectivity index (χ4v) is 12.6. The van der Waals surface area contributed by atoms with E-state index in [0.717, 1.165) is 51.6 Å². The van der Waals surface area contributed by atoms with Gasteiger partial charge in [-0.05, 0) is 130 Å². The third-order valence-corrected chi connectivity index (χ3v) is 17.7. The molecule has 0 bridgehead atoms.